The Morgan fingerprint density at radius 1 is 1.56 bits per heavy atom. The summed E-state index contributed by atoms with van der Waals surface area (Å²) in [5, 5.41) is -0.149. The molecule has 0 aromatic heterocycles. The van der Waals surface area contributed by atoms with Crippen molar-refractivity contribution in [3.05, 3.63) is 41.7 Å². The van der Waals surface area contributed by atoms with Gasteiger partial charge in [0.05, 0.1) is 5.02 Å². The quantitative estimate of drug-likeness (QED) is 0.848. The van der Waals surface area contributed by atoms with Gasteiger partial charge in [-0.05, 0) is 19.1 Å². The Morgan fingerprint density at radius 2 is 2.19 bits per heavy atom. The average Bonchev–Trinajstić information content (AvgIpc) is 2.16. The third-order valence-electron chi connectivity index (χ3n) is 1.88. The van der Waals surface area contributed by atoms with Crippen LogP contribution in [0.4, 0.5) is 4.39 Å². The largest absolute Gasteiger partial charge is 0.245 e. The second-order valence-electron chi connectivity index (χ2n) is 3.20. The molecule has 6 heteroatoms. The van der Waals surface area contributed by atoms with Gasteiger partial charge in [0.25, 0.3) is 0 Å². The second-order valence-corrected chi connectivity index (χ2v) is 5.25. The third-order valence-corrected chi connectivity index (χ3v) is 3.94. The van der Waals surface area contributed by atoms with E-state index >= 15 is 0 Å². The molecule has 1 N–H and O–H groups in total. The summed E-state index contributed by atoms with van der Waals surface area (Å²) in [4.78, 5) is -0.537. The zero-order valence-electron chi connectivity index (χ0n) is 8.57. The number of halogens is 2. The third kappa shape index (κ3) is 2.81. The van der Waals surface area contributed by atoms with Gasteiger partial charge in [-0.2, -0.15) is 0 Å². The fourth-order valence-electron chi connectivity index (χ4n) is 1.09. The van der Waals surface area contributed by atoms with Crippen LogP contribution in [0, 0.1) is 5.82 Å². The summed E-state index contributed by atoms with van der Waals surface area (Å²) in [7, 11) is -3.96. The van der Waals surface area contributed by atoms with E-state index in [0.717, 1.165) is 6.07 Å². The van der Waals surface area contributed by atoms with Crippen LogP contribution in [0.3, 0.4) is 0 Å². The molecule has 1 rings (SSSR count). The highest BCUT2D eigenvalue weighted by atomic mass is 35.5. The highest BCUT2D eigenvalue weighted by molar-refractivity contribution is 7.89. The van der Waals surface area contributed by atoms with Gasteiger partial charge in [-0.25, -0.2) is 17.5 Å². The van der Waals surface area contributed by atoms with Crippen LogP contribution in [0.1, 0.15) is 6.92 Å². The van der Waals surface area contributed by atoms with Crippen LogP contribution < -0.4 is 4.72 Å². The Morgan fingerprint density at radius 3 is 2.69 bits per heavy atom. The molecule has 0 heterocycles. The molecule has 0 radical (unpaired) electrons. The van der Waals surface area contributed by atoms with Gasteiger partial charge in [0.15, 0.2) is 0 Å². The molecule has 16 heavy (non-hydrogen) atoms. The molecule has 0 unspecified atom stereocenters. The molecule has 0 spiro atoms. The Hall–Kier alpha value is -0.910. The molecule has 3 nitrogen and oxygen atoms in total. The van der Waals surface area contributed by atoms with Crippen molar-refractivity contribution in [2.45, 2.75) is 17.9 Å². The zero-order chi connectivity index (χ0) is 12.3. The van der Waals surface area contributed by atoms with Gasteiger partial charge in [-0.3, -0.25) is 0 Å². The molecular formula is C10H11ClFNO2S. The Labute approximate surface area is 99.0 Å². The van der Waals surface area contributed by atoms with Gasteiger partial charge in [0, 0.05) is 6.04 Å². The lowest BCUT2D eigenvalue weighted by Crippen LogP contribution is -2.31. The summed E-state index contributed by atoms with van der Waals surface area (Å²) in [5.41, 5.74) is 0. The van der Waals surface area contributed by atoms with E-state index in [-0.39, 0.29) is 5.02 Å². The lowest BCUT2D eigenvalue weighted by Gasteiger charge is -2.11. The first-order valence-electron chi connectivity index (χ1n) is 4.47. The molecule has 88 valence electrons. The lowest BCUT2D eigenvalue weighted by atomic mass is 10.3. The van der Waals surface area contributed by atoms with Crippen LogP contribution in [0.15, 0.2) is 35.7 Å². The molecule has 0 bridgehead atoms. The van der Waals surface area contributed by atoms with E-state index in [9.17, 15) is 12.8 Å². The van der Waals surface area contributed by atoms with Crippen LogP contribution in [-0.4, -0.2) is 14.5 Å². The summed E-state index contributed by atoms with van der Waals surface area (Å²) in [6, 6.07) is 3.20. The van der Waals surface area contributed by atoms with Crippen molar-refractivity contribution in [2.75, 3.05) is 0 Å². The van der Waals surface area contributed by atoms with Crippen molar-refractivity contribution in [2.24, 2.45) is 0 Å². The number of hydrogen-bond donors (Lipinski definition) is 1. The molecule has 0 amide bonds. The molecule has 0 fully saturated rings. The molecule has 1 aromatic carbocycles. The SMILES string of the molecule is C=C[C@@H](C)NS(=O)(=O)c1c(F)cccc1Cl. The average molecular weight is 264 g/mol. The first kappa shape index (κ1) is 13.2. The first-order chi connectivity index (χ1) is 7.38. The van der Waals surface area contributed by atoms with E-state index in [4.69, 9.17) is 11.6 Å². The molecule has 0 aliphatic heterocycles. The maximum atomic E-state index is 13.4. The number of rotatable bonds is 4. The Bertz CT molecular complexity index is 481. The first-order valence-corrected chi connectivity index (χ1v) is 6.33. The van der Waals surface area contributed by atoms with Crippen molar-refractivity contribution in [1.82, 2.24) is 4.72 Å². The van der Waals surface area contributed by atoms with Crippen LogP contribution in [-0.2, 0) is 10.0 Å². The van der Waals surface area contributed by atoms with Gasteiger partial charge in [0.1, 0.15) is 10.7 Å². The number of hydrogen-bond acceptors (Lipinski definition) is 2. The number of benzene rings is 1. The molecular weight excluding hydrogens is 253 g/mol. The number of nitrogens with one attached hydrogen (secondary N) is 1. The standard InChI is InChI=1S/C10H11ClFNO2S/c1-3-7(2)13-16(14,15)10-8(11)5-4-6-9(10)12/h3-7,13H,1H2,2H3/t7-/m1/s1. The number of sulfonamides is 1. The summed E-state index contributed by atoms with van der Waals surface area (Å²) in [5.74, 6) is -0.878. The Kier molecular flexibility index (Phi) is 4.07. The van der Waals surface area contributed by atoms with Crippen LogP contribution in [0.5, 0.6) is 0 Å². The smallest absolute Gasteiger partial charge is 0.207 e. The van der Waals surface area contributed by atoms with E-state index in [1.165, 1.54) is 18.2 Å². The molecule has 0 aliphatic carbocycles. The minimum absolute atomic E-state index is 0.149. The highest BCUT2D eigenvalue weighted by Gasteiger charge is 2.23. The molecule has 1 aromatic rings. The van der Waals surface area contributed by atoms with E-state index in [1.54, 1.807) is 6.92 Å². The van der Waals surface area contributed by atoms with Crippen molar-refractivity contribution in [3.8, 4) is 0 Å². The second kappa shape index (κ2) is 4.95. The van der Waals surface area contributed by atoms with E-state index < -0.39 is 26.8 Å². The van der Waals surface area contributed by atoms with Gasteiger partial charge >= 0.3 is 0 Å². The predicted molar refractivity (Wildman–Crippen MR) is 61.4 cm³/mol. The van der Waals surface area contributed by atoms with E-state index in [2.05, 4.69) is 11.3 Å². The molecule has 0 saturated heterocycles. The van der Waals surface area contributed by atoms with E-state index in [1.807, 2.05) is 0 Å². The summed E-state index contributed by atoms with van der Waals surface area (Å²) in [6.07, 6.45) is 1.40. The van der Waals surface area contributed by atoms with Crippen molar-refractivity contribution >= 4 is 21.6 Å². The van der Waals surface area contributed by atoms with Gasteiger partial charge in [0.2, 0.25) is 10.0 Å². The fraction of sp³-hybridized carbons (Fsp3) is 0.200. The molecule has 0 aliphatic rings. The Balaban J connectivity index is 3.22. The topological polar surface area (TPSA) is 46.2 Å². The minimum atomic E-state index is -3.96. The van der Waals surface area contributed by atoms with E-state index in [0.29, 0.717) is 0 Å². The van der Waals surface area contributed by atoms with Gasteiger partial charge in [-0.15, -0.1) is 6.58 Å². The van der Waals surface area contributed by atoms with Crippen molar-refractivity contribution < 1.29 is 12.8 Å². The van der Waals surface area contributed by atoms with Crippen molar-refractivity contribution in [1.29, 1.82) is 0 Å². The van der Waals surface area contributed by atoms with Gasteiger partial charge < -0.3 is 0 Å². The fourth-order valence-corrected chi connectivity index (χ4v) is 2.91. The van der Waals surface area contributed by atoms with Gasteiger partial charge in [-0.1, -0.05) is 23.7 Å². The maximum absolute atomic E-state index is 13.4. The lowest BCUT2D eigenvalue weighted by molar-refractivity contribution is 0.553. The molecule has 0 saturated carbocycles. The van der Waals surface area contributed by atoms with Crippen molar-refractivity contribution in [3.63, 3.8) is 0 Å². The molecule has 1 atom stereocenters. The summed E-state index contributed by atoms with van der Waals surface area (Å²) < 4.78 is 39.1. The maximum Gasteiger partial charge on any atom is 0.245 e. The van der Waals surface area contributed by atoms with Crippen LogP contribution in [0.25, 0.3) is 0 Å². The summed E-state index contributed by atoms with van der Waals surface area (Å²) >= 11 is 5.66. The highest BCUT2D eigenvalue weighted by Crippen LogP contribution is 2.24. The van der Waals surface area contributed by atoms with Crippen LogP contribution in [0.2, 0.25) is 5.02 Å². The normalized spacial score (nSPS) is 13.4. The monoisotopic (exact) mass is 263 g/mol. The summed E-state index contributed by atoms with van der Waals surface area (Å²) in [6.45, 7) is 5.01. The zero-order valence-corrected chi connectivity index (χ0v) is 10.1. The minimum Gasteiger partial charge on any atom is -0.207 e. The predicted octanol–water partition coefficient (Wildman–Crippen LogP) is 2.33. The van der Waals surface area contributed by atoms with Crippen LogP contribution >= 0.6 is 11.6 Å².